The van der Waals surface area contributed by atoms with Crippen molar-refractivity contribution in [3.8, 4) is 22.4 Å². The number of halogens is 1. The van der Waals surface area contributed by atoms with E-state index in [1.165, 1.54) is 11.3 Å². The number of ether oxygens (including phenoxy) is 1. The molecular formula is C12H9ClN2OS. The third-order valence-corrected chi connectivity index (χ3v) is 3.28. The summed E-state index contributed by atoms with van der Waals surface area (Å²) in [6, 6.07) is 7.50. The Morgan fingerprint density at radius 3 is 2.94 bits per heavy atom. The van der Waals surface area contributed by atoms with Crippen molar-refractivity contribution in [3.05, 3.63) is 34.3 Å². The van der Waals surface area contributed by atoms with Crippen LogP contribution in [0.3, 0.4) is 0 Å². The van der Waals surface area contributed by atoms with Crippen LogP contribution < -0.4 is 4.74 Å². The lowest BCUT2D eigenvalue weighted by Crippen LogP contribution is -1.92. The van der Waals surface area contributed by atoms with E-state index in [4.69, 9.17) is 21.6 Å². The molecule has 0 spiro atoms. The van der Waals surface area contributed by atoms with Gasteiger partial charge >= 0.3 is 0 Å². The quantitative estimate of drug-likeness (QED) is 0.848. The highest BCUT2D eigenvalue weighted by molar-refractivity contribution is 7.13. The second-order valence-electron chi connectivity index (χ2n) is 3.23. The van der Waals surface area contributed by atoms with Crippen LogP contribution >= 0.6 is 22.9 Å². The van der Waals surface area contributed by atoms with Gasteiger partial charge in [0, 0.05) is 10.9 Å². The van der Waals surface area contributed by atoms with Gasteiger partial charge in [0.15, 0.2) is 5.69 Å². The molecular weight excluding hydrogens is 256 g/mol. The van der Waals surface area contributed by atoms with Crippen LogP contribution in [0.4, 0.5) is 0 Å². The molecule has 5 heteroatoms. The third-order valence-electron chi connectivity index (χ3n) is 2.10. The molecule has 1 heterocycles. The second kappa shape index (κ2) is 5.17. The highest BCUT2D eigenvalue weighted by Gasteiger charge is 2.07. The number of hydrogen-bond donors (Lipinski definition) is 0. The highest BCUT2D eigenvalue weighted by Crippen LogP contribution is 2.31. The summed E-state index contributed by atoms with van der Waals surface area (Å²) >= 11 is 7.51. The summed E-state index contributed by atoms with van der Waals surface area (Å²) < 4.78 is 5.35. The van der Waals surface area contributed by atoms with Crippen molar-refractivity contribution < 1.29 is 4.74 Å². The predicted molar refractivity (Wildman–Crippen MR) is 68.4 cm³/mol. The molecule has 3 nitrogen and oxygen atoms in total. The molecule has 1 aromatic heterocycles. The summed E-state index contributed by atoms with van der Waals surface area (Å²) in [4.78, 5) is 4.17. The zero-order valence-electron chi connectivity index (χ0n) is 9.11. The van der Waals surface area contributed by atoms with E-state index in [0.717, 1.165) is 10.6 Å². The van der Waals surface area contributed by atoms with E-state index in [9.17, 15) is 0 Å². The molecule has 2 aromatic rings. The number of aromatic nitrogens is 1. The van der Waals surface area contributed by atoms with Crippen LogP contribution in [-0.4, -0.2) is 11.6 Å². The molecule has 0 amide bonds. The number of hydrogen-bond acceptors (Lipinski definition) is 4. The normalized spacial score (nSPS) is 9.94. The summed E-state index contributed by atoms with van der Waals surface area (Å²) in [5.41, 5.74) is 1.32. The standard InChI is InChI=1S/C12H9ClN2OS/c1-2-16-11-4-3-8(5-10(11)13)12-15-9(6-14)7-17-12/h3-5,7H,2H2,1H3. The molecule has 0 unspecified atom stereocenters. The number of nitrogens with zero attached hydrogens (tertiary/aromatic N) is 2. The lowest BCUT2D eigenvalue weighted by Gasteiger charge is -2.06. The van der Waals surface area contributed by atoms with E-state index in [-0.39, 0.29) is 0 Å². The Morgan fingerprint density at radius 1 is 1.53 bits per heavy atom. The van der Waals surface area contributed by atoms with Gasteiger partial charge in [-0.05, 0) is 25.1 Å². The van der Waals surface area contributed by atoms with Crippen molar-refractivity contribution in [2.75, 3.05) is 6.61 Å². The van der Waals surface area contributed by atoms with Crippen LogP contribution in [0.1, 0.15) is 12.6 Å². The van der Waals surface area contributed by atoms with Gasteiger partial charge in [-0.2, -0.15) is 5.26 Å². The monoisotopic (exact) mass is 264 g/mol. The second-order valence-corrected chi connectivity index (χ2v) is 4.49. The van der Waals surface area contributed by atoms with Gasteiger partial charge in [0.05, 0.1) is 11.6 Å². The molecule has 0 N–H and O–H groups in total. The summed E-state index contributed by atoms with van der Waals surface area (Å²) in [6.07, 6.45) is 0. The average molecular weight is 265 g/mol. The van der Waals surface area contributed by atoms with Crippen LogP contribution in [-0.2, 0) is 0 Å². The molecule has 0 fully saturated rings. The first-order valence-electron chi connectivity index (χ1n) is 5.03. The van der Waals surface area contributed by atoms with Crippen molar-refractivity contribution in [2.45, 2.75) is 6.92 Å². The maximum absolute atomic E-state index is 8.71. The molecule has 0 aliphatic rings. The maximum atomic E-state index is 8.71. The highest BCUT2D eigenvalue weighted by atomic mass is 35.5. The van der Waals surface area contributed by atoms with Crippen LogP contribution in [0.15, 0.2) is 23.6 Å². The molecule has 0 aliphatic carbocycles. The zero-order valence-corrected chi connectivity index (χ0v) is 10.7. The fourth-order valence-electron chi connectivity index (χ4n) is 1.36. The summed E-state index contributed by atoms with van der Waals surface area (Å²) in [7, 11) is 0. The van der Waals surface area contributed by atoms with Gasteiger partial charge in [-0.15, -0.1) is 11.3 Å². The molecule has 17 heavy (non-hydrogen) atoms. The predicted octanol–water partition coefficient (Wildman–Crippen LogP) is 3.73. The number of rotatable bonds is 3. The molecule has 0 atom stereocenters. The maximum Gasteiger partial charge on any atom is 0.152 e. The third kappa shape index (κ3) is 2.57. The Labute approximate surface area is 108 Å². The van der Waals surface area contributed by atoms with Crippen molar-refractivity contribution in [1.82, 2.24) is 4.98 Å². The first-order chi connectivity index (χ1) is 8.24. The van der Waals surface area contributed by atoms with Gasteiger partial charge in [0.2, 0.25) is 0 Å². The molecule has 0 saturated carbocycles. The van der Waals surface area contributed by atoms with Crippen molar-refractivity contribution >= 4 is 22.9 Å². The van der Waals surface area contributed by atoms with Gasteiger partial charge in [0.25, 0.3) is 0 Å². The zero-order chi connectivity index (χ0) is 12.3. The molecule has 0 bridgehead atoms. The fraction of sp³-hybridized carbons (Fsp3) is 0.167. The summed E-state index contributed by atoms with van der Waals surface area (Å²) in [5, 5.41) is 11.8. The van der Waals surface area contributed by atoms with Crippen LogP contribution in [0.2, 0.25) is 5.02 Å². The molecule has 0 saturated heterocycles. The smallest absolute Gasteiger partial charge is 0.152 e. The minimum atomic E-state index is 0.426. The van der Waals surface area contributed by atoms with Crippen LogP contribution in [0, 0.1) is 11.3 Å². The van der Waals surface area contributed by atoms with Crippen molar-refractivity contribution in [3.63, 3.8) is 0 Å². The average Bonchev–Trinajstić information content (AvgIpc) is 2.80. The lowest BCUT2D eigenvalue weighted by atomic mass is 10.2. The SMILES string of the molecule is CCOc1ccc(-c2nc(C#N)cs2)cc1Cl. The van der Waals surface area contributed by atoms with Crippen LogP contribution in [0.25, 0.3) is 10.6 Å². The molecule has 86 valence electrons. The van der Waals surface area contributed by atoms with E-state index < -0.39 is 0 Å². The van der Waals surface area contributed by atoms with E-state index >= 15 is 0 Å². The van der Waals surface area contributed by atoms with Gasteiger partial charge in [-0.3, -0.25) is 0 Å². The first kappa shape index (κ1) is 11.9. The fourth-order valence-corrected chi connectivity index (χ4v) is 2.34. The minimum Gasteiger partial charge on any atom is -0.492 e. The Hall–Kier alpha value is -1.57. The molecule has 1 aromatic carbocycles. The molecule has 0 radical (unpaired) electrons. The number of benzene rings is 1. The topological polar surface area (TPSA) is 45.9 Å². The Balaban J connectivity index is 2.34. The van der Waals surface area contributed by atoms with E-state index in [2.05, 4.69) is 4.98 Å². The van der Waals surface area contributed by atoms with Gasteiger partial charge in [-0.25, -0.2) is 4.98 Å². The molecule has 0 aliphatic heterocycles. The summed E-state index contributed by atoms with van der Waals surface area (Å²) in [5.74, 6) is 0.662. The van der Waals surface area contributed by atoms with Gasteiger partial charge in [-0.1, -0.05) is 11.6 Å². The lowest BCUT2D eigenvalue weighted by molar-refractivity contribution is 0.340. The van der Waals surface area contributed by atoms with E-state index in [1.54, 1.807) is 11.4 Å². The number of thiazole rings is 1. The van der Waals surface area contributed by atoms with Crippen LogP contribution in [0.5, 0.6) is 5.75 Å². The molecule has 2 rings (SSSR count). The van der Waals surface area contributed by atoms with E-state index in [1.807, 2.05) is 25.1 Å². The van der Waals surface area contributed by atoms with E-state index in [0.29, 0.717) is 23.1 Å². The van der Waals surface area contributed by atoms with Gasteiger partial charge in [0.1, 0.15) is 16.8 Å². The number of nitriles is 1. The van der Waals surface area contributed by atoms with Gasteiger partial charge < -0.3 is 4.74 Å². The van der Waals surface area contributed by atoms with Crippen molar-refractivity contribution in [2.24, 2.45) is 0 Å². The Morgan fingerprint density at radius 2 is 2.35 bits per heavy atom. The summed E-state index contributed by atoms with van der Waals surface area (Å²) in [6.45, 7) is 2.49. The largest absolute Gasteiger partial charge is 0.492 e. The Bertz CT molecular complexity index is 574. The minimum absolute atomic E-state index is 0.426. The first-order valence-corrected chi connectivity index (χ1v) is 6.28. The Kier molecular flexibility index (Phi) is 3.62. The van der Waals surface area contributed by atoms with Crippen molar-refractivity contribution in [1.29, 1.82) is 5.26 Å².